The van der Waals surface area contributed by atoms with Gasteiger partial charge in [0.25, 0.3) is 10.0 Å². The smallest absolute Gasteiger partial charge is 0.339 e. The van der Waals surface area contributed by atoms with Gasteiger partial charge in [-0.15, -0.1) is 11.3 Å². The summed E-state index contributed by atoms with van der Waals surface area (Å²) in [6.07, 6.45) is 1.33. The summed E-state index contributed by atoms with van der Waals surface area (Å²) in [4.78, 5) is 14.9. The maximum Gasteiger partial charge on any atom is 0.339 e. The molecule has 0 amide bonds. The molecular formula is C11H9ClN2O4S2. The van der Waals surface area contributed by atoms with Crippen molar-refractivity contribution >= 4 is 44.7 Å². The average molecular weight is 333 g/mol. The maximum absolute atomic E-state index is 12.4. The lowest BCUT2D eigenvalue weighted by molar-refractivity contribution is 0.0697. The van der Waals surface area contributed by atoms with Gasteiger partial charge < -0.3 is 5.11 Å². The van der Waals surface area contributed by atoms with Crippen LogP contribution in [0.5, 0.6) is 0 Å². The number of anilines is 1. The number of sulfonamides is 1. The number of nitrogens with zero attached hydrogens (tertiary/aromatic N) is 2. The lowest BCUT2D eigenvalue weighted by atomic mass is 10.2. The fourth-order valence-corrected chi connectivity index (χ4v) is 4.32. The summed E-state index contributed by atoms with van der Waals surface area (Å²) < 4.78 is 25.9. The van der Waals surface area contributed by atoms with Crippen molar-refractivity contribution in [2.45, 2.75) is 4.21 Å². The van der Waals surface area contributed by atoms with Crippen molar-refractivity contribution in [2.24, 2.45) is 0 Å². The van der Waals surface area contributed by atoms with E-state index in [1.165, 1.54) is 37.5 Å². The molecule has 2 aromatic heterocycles. The zero-order chi connectivity index (χ0) is 14.9. The number of carbonyl (C=O) groups is 1. The van der Waals surface area contributed by atoms with E-state index in [0.29, 0.717) is 4.34 Å². The van der Waals surface area contributed by atoms with Crippen LogP contribution in [-0.4, -0.2) is 31.5 Å². The van der Waals surface area contributed by atoms with E-state index in [9.17, 15) is 13.2 Å². The monoisotopic (exact) mass is 332 g/mol. The molecule has 9 heteroatoms. The van der Waals surface area contributed by atoms with Gasteiger partial charge in [-0.05, 0) is 24.3 Å². The van der Waals surface area contributed by atoms with Crippen molar-refractivity contribution in [2.75, 3.05) is 11.4 Å². The summed E-state index contributed by atoms with van der Waals surface area (Å²) in [7, 11) is -2.64. The minimum Gasteiger partial charge on any atom is -0.478 e. The van der Waals surface area contributed by atoms with Crippen LogP contribution in [0.4, 0.5) is 5.82 Å². The number of carboxylic acid groups (broad SMARTS) is 1. The number of rotatable bonds is 4. The highest BCUT2D eigenvalue weighted by Crippen LogP contribution is 2.30. The third-order valence-electron chi connectivity index (χ3n) is 2.48. The molecule has 2 aromatic rings. The van der Waals surface area contributed by atoms with Crippen LogP contribution in [0.3, 0.4) is 0 Å². The number of hydrogen-bond acceptors (Lipinski definition) is 5. The van der Waals surface area contributed by atoms with Crippen molar-refractivity contribution in [1.29, 1.82) is 0 Å². The van der Waals surface area contributed by atoms with Crippen molar-refractivity contribution < 1.29 is 18.3 Å². The van der Waals surface area contributed by atoms with Gasteiger partial charge in [-0.2, -0.15) is 0 Å². The quantitative estimate of drug-likeness (QED) is 0.928. The van der Waals surface area contributed by atoms with Gasteiger partial charge in [-0.3, -0.25) is 4.31 Å². The highest BCUT2D eigenvalue weighted by molar-refractivity contribution is 7.94. The van der Waals surface area contributed by atoms with E-state index in [4.69, 9.17) is 16.7 Å². The Morgan fingerprint density at radius 1 is 1.40 bits per heavy atom. The van der Waals surface area contributed by atoms with E-state index >= 15 is 0 Å². The number of pyridine rings is 1. The normalized spacial score (nSPS) is 11.3. The second-order valence-corrected chi connectivity index (χ2v) is 7.62. The SMILES string of the molecule is CN(c1ncccc1C(=O)O)S(=O)(=O)c1ccc(Cl)s1. The summed E-state index contributed by atoms with van der Waals surface area (Å²) in [5.41, 5.74) is -0.193. The van der Waals surface area contributed by atoms with Crippen LogP contribution in [0, 0.1) is 0 Å². The molecule has 0 atom stereocenters. The minimum absolute atomic E-state index is 0.0204. The van der Waals surface area contributed by atoms with Gasteiger partial charge in [-0.1, -0.05) is 11.6 Å². The fourth-order valence-electron chi connectivity index (χ4n) is 1.50. The first kappa shape index (κ1) is 14.8. The Kier molecular flexibility index (Phi) is 3.98. The molecule has 0 spiro atoms. The van der Waals surface area contributed by atoms with Crippen molar-refractivity contribution in [3.8, 4) is 0 Å². The Balaban J connectivity index is 2.51. The average Bonchev–Trinajstić information content (AvgIpc) is 2.85. The van der Waals surface area contributed by atoms with Crippen molar-refractivity contribution in [1.82, 2.24) is 4.98 Å². The Morgan fingerprint density at radius 2 is 2.10 bits per heavy atom. The standard InChI is InChI=1S/C11H9ClN2O4S2/c1-14(10-7(11(15)16)3-2-6-13-10)20(17,18)9-5-4-8(12)19-9/h2-6H,1H3,(H,15,16). The molecule has 0 aromatic carbocycles. The molecule has 0 saturated carbocycles. The molecule has 6 nitrogen and oxygen atoms in total. The van der Waals surface area contributed by atoms with Gasteiger partial charge in [0.15, 0.2) is 5.82 Å². The van der Waals surface area contributed by atoms with Gasteiger partial charge >= 0.3 is 5.97 Å². The van der Waals surface area contributed by atoms with Gasteiger partial charge in [0.2, 0.25) is 0 Å². The predicted octanol–water partition coefficient (Wildman–Crippen LogP) is 2.32. The highest BCUT2D eigenvalue weighted by Gasteiger charge is 2.27. The Morgan fingerprint density at radius 3 is 2.65 bits per heavy atom. The van der Waals surface area contributed by atoms with Crippen LogP contribution in [0.15, 0.2) is 34.7 Å². The van der Waals surface area contributed by atoms with Crippen molar-refractivity contribution in [3.63, 3.8) is 0 Å². The molecule has 106 valence electrons. The van der Waals surface area contributed by atoms with E-state index < -0.39 is 16.0 Å². The third-order valence-corrected chi connectivity index (χ3v) is 5.92. The number of halogens is 1. The van der Waals surface area contributed by atoms with E-state index in [2.05, 4.69) is 4.98 Å². The molecule has 0 aliphatic rings. The zero-order valence-corrected chi connectivity index (χ0v) is 12.5. The first-order valence-electron chi connectivity index (χ1n) is 5.26. The van der Waals surface area contributed by atoms with Gasteiger partial charge in [0.05, 0.1) is 4.34 Å². The summed E-state index contributed by atoms with van der Waals surface area (Å²) >= 11 is 6.62. The molecule has 0 fully saturated rings. The molecule has 0 aliphatic heterocycles. The number of hydrogen-bond donors (Lipinski definition) is 1. The topological polar surface area (TPSA) is 87.6 Å². The van der Waals surface area contributed by atoms with Crippen LogP contribution < -0.4 is 4.31 Å². The van der Waals surface area contributed by atoms with Crippen LogP contribution >= 0.6 is 22.9 Å². The second-order valence-electron chi connectivity index (χ2n) is 3.71. The molecule has 2 heterocycles. The lowest BCUT2D eigenvalue weighted by Gasteiger charge is -2.18. The number of thiophene rings is 1. The van der Waals surface area contributed by atoms with E-state index in [-0.39, 0.29) is 15.6 Å². The molecular weight excluding hydrogens is 324 g/mol. The minimum atomic E-state index is -3.89. The van der Waals surface area contributed by atoms with E-state index in [1.807, 2.05) is 0 Å². The number of aromatic nitrogens is 1. The first-order valence-corrected chi connectivity index (χ1v) is 7.90. The number of carboxylic acids is 1. The van der Waals surface area contributed by atoms with E-state index in [1.54, 1.807) is 0 Å². The molecule has 0 saturated heterocycles. The van der Waals surface area contributed by atoms with Crippen LogP contribution in [0.25, 0.3) is 0 Å². The fraction of sp³-hybridized carbons (Fsp3) is 0.0909. The maximum atomic E-state index is 12.4. The van der Waals surface area contributed by atoms with Gasteiger partial charge in [0.1, 0.15) is 9.77 Å². The highest BCUT2D eigenvalue weighted by atomic mass is 35.5. The largest absolute Gasteiger partial charge is 0.478 e. The molecule has 1 N–H and O–H groups in total. The van der Waals surface area contributed by atoms with Crippen LogP contribution in [-0.2, 0) is 10.0 Å². The molecule has 0 aliphatic carbocycles. The Labute approximate surface area is 124 Å². The molecule has 0 radical (unpaired) electrons. The van der Waals surface area contributed by atoms with Crippen LogP contribution in [0.1, 0.15) is 10.4 Å². The summed E-state index contributed by atoms with van der Waals surface area (Å²) in [6.45, 7) is 0. The number of aromatic carboxylic acids is 1. The summed E-state index contributed by atoms with van der Waals surface area (Å²) in [6, 6.07) is 5.54. The zero-order valence-electron chi connectivity index (χ0n) is 10.1. The molecule has 20 heavy (non-hydrogen) atoms. The summed E-state index contributed by atoms with van der Waals surface area (Å²) in [5.74, 6) is -1.40. The predicted molar refractivity (Wildman–Crippen MR) is 76.1 cm³/mol. The van der Waals surface area contributed by atoms with E-state index in [0.717, 1.165) is 15.6 Å². The Bertz CT molecular complexity index is 757. The molecule has 2 rings (SSSR count). The molecule has 0 unspecified atom stereocenters. The van der Waals surface area contributed by atoms with Gasteiger partial charge in [0, 0.05) is 13.2 Å². The van der Waals surface area contributed by atoms with Gasteiger partial charge in [-0.25, -0.2) is 18.2 Å². The summed E-state index contributed by atoms with van der Waals surface area (Å²) in [5, 5.41) is 9.07. The third kappa shape index (κ3) is 2.62. The van der Waals surface area contributed by atoms with Crippen LogP contribution in [0.2, 0.25) is 4.34 Å². The Hall–Kier alpha value is -1.64. The lowest BCUT2D eigenvalue weighted by Crippen LogP contribution is -2.28. The second kappa shape index (κ2) is 5.39. The molecule has 0 bridgehead atoms. The first-order chi connectivity index (χ1) is 9.34. The van der Waals surface area contributed by atoms with Crippen molar-refractivity contribution in [3.05, 3.63) is 40.4 Å².